The van der Waals surface area contributed by atoms with Crippen LogP contribution in [0.3, 0.4) is 0 Å². The first kappa shape index (κ1) is 26.6. The standard InChI is InChI=1S/C25H27FN2O2S.C2H2O4/c1-16-12-17(25-13-20-21(26)4-2-7-24(20)31-25)9-11-28(16)14-18(29)15-30-23-6-3-5-22-19(23)8-10-27-22;3-1(4)2(5)6/h2-8,10,13,16-18,27,29H,9,11-12,14-15H2,1H3;(H,3,4)(H,5,6)/t16-,17+,18+;/m1./s1. The smallest absolute Gasteiger partial charge is 0.414 e. The minimum absolute atomic E-state index is 0.135. The Bertz CT molecular complexity index is 1370. The molecule has 0 radical (unpaired) electrons. The minimum atomic E-state index is -1.82. The molecule has 196 valence electrons. The van der Waals surface area contributed by atoms with Gasteiger partial charge in [0.05, 0.1) is 0 Å². The molecule has 4 N–H and O–H groups in total. The molecule has 1 saturated heterocycles. The van der Waals surface area contributed by atoms with Crippen LogP contribution in [0.4, 0.5) is 4.39 Å². The third-order valence-electron chi connectivity index (χ3n) is 6.56. The number of carboxylic acid groups (broad SMARTS) is 2. The van der Waals surface area contributed by atoms with Crippen LogP contribution < -0.4 is 4.74 Å². The van der Waals surface area contributed by atoms with Crippen LogP contribution >= 0.6 is 11.3 Å². The lowest BCUT2D eigenvalue weighted by atomic mass is 9.90. The number of aromatic amines is 1. The van der Waals surface area contributed by atoms with Gasteiger partial charge < -0.3 is 25.0 Å². The second kappa shape index (κ2) is 11.7. The number of carboxylic acids is 2. The van der Waals surface area contributed by atoms with Crippen molar-refractivity contribution in [1.82, 2.24) is 9.88 Å². The number of hydrogen-bond acceptors (Lipinski definition) is 6. The number of ether oxygens (including phenoxy) is 1. The Morgan fingerprint density at radius 2 is 1.92 bits per heavy atom. The Hall–Kier alpha value is -3.47. The van der Waals surface area contributed by atoms with E-state index in [1.807, 2.05) is 42.6 Å². The molecule has 5 rings (SSSR count). The summed E-state index contributed by atoms with van der Waals surface area (Å²) < 4.78 is 21.0. The summed E-state index contributed by atoms with van der Waals surface area (Å²) in [5, 5.41) is 27.1. The number of aliphatic hydroxyl groups excluding tert-OH is 1. The number of benzene rings is 2. The lowest BCUT2D eigenvalue weighted by Crippen LogP contribution is -2.45. The van der Waals surface area contributed by atoms with Crippen LogP contribution in [0.2, 0.25) is 0 Å². The van der Waals surface area contributed by atoms with E-state index in [-0.39, 0.29) is 12.4 Å². The molecule has 2 aromatic heterocycles. The maximum atomic E-state index is 14.1. The fraction of sp³-hybridized carbons (Fsp3) is 0.333. The number of β-amino-alcohol motifs (C(OH)–C–C–N with tert-alkyl or cyclic N) is 1. The molecule has 1 fully saturated rings. The highest BCUT2D eigenvalue weighted by molar-refractivity contribution is 7.19. The van der Waals surface area contributed by atoms with Crippen molar-refractivity contribution < 1.29 is 34.0 Å². The molecule has 4 aromatic rings. The van der Waals surface area contributed by atoms with Crippen LogP contribution in [0.15, 0.2) is 54.7 Å². The Morgan fingerprint density at radius 3 is 2.62 bits per heavy atom. The number of aliphatic carboxylic acids is 2. The highest BCUT2D eigenvalue weighted by Gasteiger charge is 2.29. The van der Waals surface area contributed by atoms with E-state index in [2.05, 4.69) is 16.8 Å². The number of likely N-dealkylation sites (tertiary alicyclic amines) is 1. The molecule has 37 heavy (non-hydrogen) atoms. The summed E-state index contributed by atoms with van der Waals surface area (Å²) in [6.45, 7) is 4.01. The lowest BCUT2D eigenvalue weighted by Gasteiger charge is -2.38. The van der Waals surface area contributed by atoms with Gasteiger partial charge in [-0.25, -0.2) is 14.0 Å². The van der Waals surface area contributed by atoms with Gasteiger partial charge in [0.2, 0.25) is 0 Å². The number of nitrogens with zero attached hydrogens (tertiary/aromatic N) is 1. The quantitative estimate of drug-likeness (QED) is 0.268. The molecule has 3 atom stereocenters. The Morgan fingerprint density at radius 1 is 1.16 bits per heavy atom. The zero-order valence-corrected chi connectivity index (χ0v) is 21.1. The van der Waals surface area contributed by atoms with E-state index < -0.39 is 18.0 Å². The number of thiophene rings is 1. The number of H-pyrrole nitrogens is 1. The van der Waals surface area contributed by atoms with Crippen molar-refractivity contribution in [2.75, 3.05) is 19.7 Å². The minimum Gasteiger partial charge on any atom is -0.490 e. The molecule has 3 heterocycles. The van der Waals surface area contributed by atoms with E-state index in [0.717, 1.165) is 46.1 Å². The summed E-state index contributed by atoms with van der Waals surface area (Å²) >= 11 is 1.71. The Kier molecular flexibility index (Phi) is 8.42. The summed E-state index contributed by atoms with van der Waals surface area (Å²) in [4.78, 5) is 25.0. The summed E-state index contributed by atoms with van der Waals surface area (Å²) in [6.07, 6.45) is 3.39. The number of aromatic nitrogens is 1. The average molecular weight is 529 g/mol. The number of hydrogen-bond donors (Lipinski definition) is 4. The highest BCUT2D eigenvalue weighted by atomic mass is 32.1. The first-order valence-electron chi connectivity index (χ1n) is 12.0. The predicted octanol–water partition coefficient (Wildman–Crippen LogP) is 4.69. The van der Waals surface area contributed by atoms with Crippen molar-refractivity contribution in [2.45, 2.75) is 37.8 Å². The average Bonchev–Trinajstić information content (AvgIpc) is 3.52. The largest absolute Gasteiger partial charge is 0.490 e. The summed E-state index contributed by atoms with van der Waals surface area (Å²) in [5.41, 5.74) is 1.03. The fourth-order valence-electron chi connectivity index (χ4n) is 4.69. The number of piperidine rings is 1. The van der Waals surface area contributed by atoms with E-state index in [1.54, 1.807) is 17.4 Å². The van der Waals surface area contributed by atoms with Gasteiger partial charge in [0.25, 0.3) is 0 Å². The zero-order chi connectivity index (χ0) is 26.5. The van der Waals surface area contributed by atoms with Crippen LogP contribution in [0.1, 0.15) is 30.6 Å². The van der Waals surface area contributed by atoms with Crippen LogP contribution in [0.5, 0.6) is 5.75 Å². The summed E-state index contributed by atoms with van der Waals surface area (Å²) in [5.74, 6) is -2.54. The first-order valence-corrected chi connectivity index (χ1v) is 12.8. The molecule has 0 amide bonds. The third-order valence-corrected chi connectivity index (χ3v) is 7.82. The van der Waals surface area contributed by atoms with Gasteiger partial charge in [-0.3, -0.25) is 4.90 Å². The fourth-order valence-corrected chi connectivity index (χ4v) is 5.91. The second-order valence-electron chi connectivity index (χ2n) is 9.14. The van der Waals surface area contributed by atoms with E-state index in [1.165, 1.54) is 10.9 Å². The van der Waals surface area contributed by atoms with Crippen molar-refractivity contribution in [3.63, 3.8) is 0 Å². The van der Waals surface area contributed by atoms with E-state index in [9.17, 15) is 9.50 Å². The normalized spacial score (nSPS) is 18.8. The molecule has 1 aliphatic rings. The van der Waals surface area contributed by atoms with Gasteiger partial charge in [-0.15, -0.1) is 11.3 Å². The van der Waals surface area contributed by atoms with Crippen LogP contribution in [0, 0.1) is 5.82 Å². The van der Waals surface area contributed by atoms with Gasteiger partial charge in [0.1, 0.15) is 24.3 Å². The van der Waals surface area contributed by atoms with Gasteiger partial charge in [-0.2, -0.15) is 0 Å². The van der Waals surface area contributed by atoms with Crippen molar-refractivity contribution >= 4 is 44.3 Å². The van der Waals surface area contributed by atoms with Crippen molar-refractivity contribution in [1.29, 1.82) is 0 Å². The van der Waals surface area contributed by atoms with Crippen LogP contribution in [0.25, 0.3) is 21.0 Å². The monoisotopic (exact) mass is 528 g/mol. The highest BCUT2D eigenvalue weighted by Crippen LogP contribution is 2.38. The maximum absolute atomic E-state index is 14.1. The third kappa shape index (κ3) is 6.46. The molecule has 0 spiro atoms. The molecule has 0 bridgehead atoms. The maximum Gasteiger partial charge on any atom is 0.414 e. The number of nitrogens with one attached hydrogen (secondary N) is 1. The lowest BCUT2D eigenvalue weighted by molar-refractivity contribution is -0.159. The number of halogens is 1. The first-order chi connectivity index (χ1) is 17.7. The molecule has 0 saturated carbocycles. The SMILES string of the molecule is C[C@@H]1C[C@@H](c2cc3c(F)cccc3s2)CCN1C[C@H](O)COc1cccc2[nH]ccc12.O=C(O)C(=O)O. The topological polar surface area (TPSA) is 123 Å². The predicted molar refractivity (Wildman–Crippen MR) is 140 cm³/mol. The molecule has 10 heteroatoms. The molecule has 0 aliphatic carbocycles. The molecular formula is C27H29FN2O6S. The van der Waals surface area contributed by atoms with E-state index >= 15 is 0 Å². The molecule has 2 aromatic carbocycles. The number of aliphatic hydroxyl groups is 1. The zero-order valence-electron chi connectivity index (χ0n) is 20.3. The van der Waals surface area contributed by atoms with Gasteiger partial charge in [0.15, 0.2) is 0 Å². The summed E-state index contributed by atoms with van der Waals surface area (Å²) in [6, 6.07) is 15.6. The molecule has 0 unspecified atom stereocenters. The van der Waals surface area contributed by atoms with Crippen LogP contribution in [-0.2, 0) is 9.59 Å². The van der Waals surface area contributed by atoms with Gasteiger partial charge in [0, 0.05) is 44.6 Å². The van der Waals surface area contributed by atoms with E-state index in [0.29, 0.717) is 18.5 Å². The number of rotatable bonds is 6. The van der Waals surface area contributed by atoms with E-state index in [4.69, 9.17) is 24.5 Å². The molecule has 1 aliphatic heterocycles. The molecular weight excluding hydrogens is 499 g/mol. The Labute approximate surface area is 216 Å². The van der Waals surface area contributed by atoms with Gasteiger partial charge in [-0.1, -0.05) is 12.1 Å². The second-order valence-corrected chi connectivity index (χ2v) is 10.3. The number of fused-ring (bicyclic) bond motifs is 2. The van der Waals surface area contributed by atoms with Gasteiger partial charge >= 0.3 is 11.9 Å². The van der Waals surface area contributed by atoms with Crippen molar-refractivity contribution in [3.05, 3.63) is 65.4 Å². The van der Waals surface area contributed by atoms with Crippen molar-refractivity contribution in [2.24, 2.45) is 0 Å². The summed E-state index contributed by atoms with van der Waals surface area (Å²) in [7, 11) is 0. The number of carbonyl (C=O) groups is 2. The molecule has 8 nitrogen and oxygen atoms in total. The van der Waals surface area contributed by atoms with Gasteiger partial charge in [-0.05, 0) is 68.6 Å². The Balaban J connectivity index is 0.000000480. The van der Waals surface area contributed by atoms with Crippen molar-refractivity contribution in [3.8, 4) is 5.75 Å². The van der Waals surface area contributed by atoms with Crippen LogP contribution in [-0.4, -0.2) is 69.0 Å².